The second kappa shape index (κ2) is 9.80. The summed E-state index contributed by atoms with van der Waals surface area (Å²) in [7, 11) is 0. The van der Waals surface area contributed by atoms with E-state index in [4.69, 9.17) is 14.2 Å². The molecule has 2 aromatic carbocycles. The first-order chi connectivity index (χ1) is 13.0. The van der Waals surface area contributed by atoms with Crippen molar-refractivity contribution in [3.05, 3.63) is 53.3 Å². The van der Waals surface area contributed by atoms with Crippen molar-refractivity contribution in [2.24, 2.45) is 0 Å². The molecule has 27 heavy (non-hydrogen) atoms. The smallest absolute Gasteiger partial charge is 0.252 e. The van der Waals surface area contributed by atoms with Gasteiger partial charge >= 0.3 is 0 Å². The van der Waals surface area contributed by atoms with Gasteiger partial charge in [-0.2, -0.15) is 0 Å². The Bertz CT molecular complexity index is 734. The van der Waals surface area contributed by atoms with Gasteiger partial charge in [-0.3, -0.25) is 4.79 Å². The molecule has 0 aliphatic rings. The monoisotopic (exact) mass is 375 g/mol. The zero-order valence-corrected chi connectivity index (χ0v) is 16.2. The van der Waals surface area contributed by atoms with Gasteiger partial charge in [0.15, 0.2) is 11.5 Å². The highest BCUT2D eigenvalue weighted by Crippen LogP contribution is 2.39. The summed E-state index contributed by atoms with van der Waals surface area (Å²) >= 11 is 0. The molecule has 0 saturated heterocycles. The van der Waals surface area contributed by atoms with Crippen molar-refractivity contribution in [1.82, 2.24) is 5.32 Å². The van der Waals surface area contributed by atoms with Crippen molar-refractivity contribution < 1.29 is 23.4 Å². The zero-order chi connectivity index (χ0) is 19.8. The van der Waals surface area contributed by atoms with Crippen LogP contribution in [0.2, 0.25) is 0 Å². The Balaban J connectivity index is 2.29. The fourth-order valence-electron chi connectivity index (χ4n) is 2.63. The first-order valence-electron chi connectivity index (χ1n) is 9.12. The van der Waals surface area contributed by atoms with Crippen molar-refractivity contribution in [2.75, 3.05) is 19.8 Å². The van der Waals surface area contributed by atoms with Crippen LogP contribution in [0.5, 0.6) is 17.2 Å². The minimum absolute atomic E-state index is 0.281. The van der Waals surface area contributed by atoms with E-state index in [1.807, 2.05) is 27.7 Å². The van der Waals surface area contributed by atoms with Gasteiger partial charge in [0.25, 0.3) is 5.91 Å². The molecule has 0 aromatic heterocycles. The van der Waals surface area contributed by atoms with Crippen molar-refractivity contribution in [2.45, 2.75) is 33.7 Å². The van der Waals surface area contributed by atoms with Gasteiger partial charge in [-0.15, -0.1) is 0 Å². The molecule has 6 heteroatoms. The molecule has 1 N–H and O–H groups in total. The summed E-state index contributed by atoms with van der Waals surface area (Å²) in [5.41, 5.74) is 1.21. The van der Waals surface area contributed by atoms with Crippen LogP contribution in [-0.4, -0.2) is 25.7 Å². The van der Waals surface area contributed by atoms with E-state index >= 15 is 0 Å². The topological polar surface area (TPSA) is 56.8 Å². The van der Waals surface area contributed by atoms with E-state index in [2.05, 4.69) is 5.32 Å². The molecular weight excluding hydrogens is 349 g/mol. The predicted molar refractivity (Wildman–Crippen MR) is 102 cm³/mol. The van der Waals surface area contributed by atoms with E-state index in [0.29, 0.717) is 42.6 Å². The number of rotatable bonds is 9. The molecule has 1 atom stereocenters. The number of ether oxygens (including phenoxy) is 3. The fourth-order valence-corrected chi connectivity index (χ4v) is 2.63. The van der Waals surface area contributed by atoms with Crippen molar-refractivity contribution in [3.63, 3.8) is 0 Å². The Labute approximate surface area is 159 Å². The summed E-state index contributed by atoms with van der Waals surface area (Å²) in [6.45, 7) is 8.75. The molecule has 146 valence electrons. The average molecular weight is 375 g/mol. The van der Waals surface area contributed by atoms with Crippen LogP contribution in [0.1, 0.15) is 49.7 Å². The van der Waals surface area contributed by atoms with Crippen LogP contribution in [-0.2, 0) is 0 Å². The van der Waals surface area contributed by atoms with E-state index in [1.165, 1.54) is 12.1 Å². The van der Waals surface area contributed by atoms with Crippen LogP contribution in [0.15, 0.2) is 36.4 Å². The van der Waals surface area contributed by atoms with Gasteiger partial charge in [-0.25, -0.2) is 4.39 Å². The van der Waals surface area contributed by atoms with Gasteiger partial charge in [0.05, 0.1) is 25.9 Å². The quantitative estimate of drug-likeness (QED) is 0.700. The number of amides is 1. The molecule has 0 saturated carbocycles. The number of carbonyl (C=O) groups excluding carboxylic acids is 1. The zero-order valence-electron chi connectivity index (χ0n) is 16.2. The highest BCUT2D eigenvalue weighted by molar-refractivity contribution is 5.95. The van der Waals surface area contributed by atoms with E-state index in [0.717, 1.165) is 5.56 Å². The van der Waals surface area contributed by atoms with E-state index < -0.39 is 0 Å². The third-order valence-corrected chi connectivity index (χ3v) is 3.89. The summed E-state index contributed by atoms with van der Waals surface area (Å²) in [6.07, 6.45) is 0. The van der Waals surface area contributed by atoms with Gasteiger partial charge in [0, 0.05) is 5.56 Å². The van der Waals surface area contributed by atoms with Gasteiger partial charge in [-0.1, -0.05) is 12.1 Å². The molecule has 1 amide bonds. The normalized spacial score (nSPS) is 11.6. The SMILES string of the molecule is CCOc1cc(C(=O)N[C@@H](C)c2ccc(F)cc2)cc(OCC)c1OCC. The fraction of sp³-hybridized carbons (Fsp3) is 0.381. The van der Waals surface area contributed by atoms with Crippen LogP contribution in [0, 0.1) is 5.82 Å². The molecule has 0 heterocycles. The standard InChI is InChI=1S/C21H26FNO4/c1-5-25-18-12-16(13-19(26-6-2)20(18)27-7-3)21(24)23-14(4)15-8-10-17(22)11-9-15/h8-14H,5-7H2,1-4H3,(H,23,24)/t14-/m0/s1. The number of hydrogen-bond donors (Lipinski definition) is 1. The lowest BCUT2D eigenvalue weighted by molar-refractivity contribution is 0.0938. The molecule has 0 aliphatic heterocycles. The van der Waals surface area contributed by atoms with Gasteiger partial charge in [-0.05, 0) is 57.5 Å². The van der Waals surface area contributed by atoms with Gasteiger partial charge in [0.1, 0.15) is 5.82 Å². The predicted octanol–water partition coefficient (Wildman–Crippen LogP) is 4.51. The molecule has 0 fully saturated rings. The van der Waals surface area contributed by atoms with Crippen LogP contribution in [0.25, 0.3) is 0 Å². The summed E-state index contributed by atoms with van der Waals surface area (Å²) < 4.78 is 30.0. The Kier molecular flexibility index (Phi) is 7.46. The molecule has 0 unspecified atom stereocenters. The number of benzene rings is 2. The van der Waals surface area contributed by atoms with Crippen LogP contribution in [0.4, 0.5) is 4.39 Å². The Morgan fingerprint density at radius 2 is 1.48 bits per heavy atom. The Morgan fingerprint density at radius 1 is 0.963 bits per heavy atom. The maximum Gasteiger partial charge on any atom is 0.252 e. The molecule has 5 nitrogen and oxygen atoms in total. The van der Waals surface area contributed by atoms with Crippen LogP contribution < -0.4 is 19.5 Å². The number of carbonyl (C=O) groups is 1. The molecule has 0 aliphatic carbocycles. The lowest BCUT2D eigenvalue weighted by atomic mass is 10.1. The van der Waals surface area contributed by atoms with Crippen LogP contribution in [0.3, 0.4) is 0 Å². The highest BCUT2D eigenvalue weighted by Gasteiger charge is 2.19. The molecule has 0 bridgehead atoms. The maximum atomic E-state index is 13.1. The lowest BCUT2D eigenvalue weighted by Crippen LogP contribution is -2.26. The number of halogens is 1. The average Bonchev–Trinajstić information content (AvgIpc) is 2.65. The summed E-state index contributed by atoms with van der Waals surface area (Å²) in [5, 5.41) is 2.91. The third-order valence-electron chi connectivity index (χ3n) is 3.89. The molecule has 2 aromatic rings. The second-order valence-corrected chi connectivity index (χ2v) is 5.85. The maximum absolute atomic E-state index is 13.1. The minimum atomic E-state index is -0.313. The molecule has 0 spiro atoms. The first kappa shape index (κ1) is 20.6. The van der Waals surface area contributed by atoms with Crippen LogP contribution >= 0.6 is 0 Å². The second-order valence-electron chi connectivity index (χ2n) is 5.85. The highest BCUT2D eigenvalue weighted by atomic mass is 19.1. The van der Waals surface area contributed by atoms with E-state index in [9.17, 15) is 9.18 Å². The Morgan fingerprint density at radius 3 is 1.96 bits per heavy atom. The molecular formula is C21H26FNO4. The third kappa shape index (κ3) is 5.36. The lowest BCUT2D eigenvalue weighted by Gasteiger charge is -2.18. The summed E-state index contributed by atoms with van der Waals surface area (Å²) in [6, 6.07) is 9.04. The minimum Gasteiger partial charge on any atom is -0.490 e. The van der Waals surface area contributed by atoms with E-state index in [-0.39, 0.29) is 17.8 Å². The van der Waals surface area contributed by atoms with E-state index in [1.54, 1.807) is 24.3 Å². The number of nitrogens with one attached hydrogen (secondary N) is 1. The van der Waals surface area contributed by atoms with Crippen molar-refractivity contribution in [1.29, 1.82) is 0 Å². The summed E-state index contributed by atoms with van der Waals surface area (Å²) in [4.78, 5) is 12.7. The largest absolute Gasteiger partial charge is 0.490 e. The summed E-state index contributed by atoms with van der Waals surface area (Å²) in [5.74, 6) is 0.822. The van der Waals surface area contributed by atoms with Crippen molar-refractivity contribution in [3.8, 4) is 17.2 Å². The molecule has 2 rings (SSSR count). The molecule has 0 radical (unpaired) electrons. The first-order valence-corrected chi connectivity index (χ1v) is 9.12. The van der Waals surface area contributed by atoms with Crippen molar-refractivity contribution >= 4 is 5.91 Å². The number of hydrogen-bond acceptors (Lipinski definition) is 4. The van der Waals surface area contributed by atoms with Gasteiger partial charge < -0.3 is 19.5 Å². The van der Waals surface area contributed by atoms with Gasteiger partial charge in [0.2, 0.25) is 5.75 Å². The Hall–Kier alpha value is -2.76.